The number of aromatic nitrogens is 1. The number of nitrogens with zero attached hydrogens (tertiary/aromatic N) is 2. The van der Waals surface area contributed by atoms with Gasteiger partial charge in [-0.1, -0.05) is 34.8 Å². The van der Waals surface area contributed by atoms with Crippen LogP contribution in [0.25, 0.3) is 0 Å². The summed E-state index contributed by atoms with van der Waals surface area (Å²) in [4.78, 5) is 6.45. The molecule has 3 aliphatic rings. The van der Waals surface area contributed by atoms with E-state index in [1.165, 1.54) is 0 Å². The predicted molar refractivity (Wildman–Crippen MR) is 76.1 cm³/mol. The Bertz CT molecular complexity index is 551. The molecule has 2 heterocycles. The molecule has 1 aromatic heterocycles. The molecule has 1 aliphatic heterocycles. The Kier molecular flexibility index (Phi) is 2.73. The van der Waals surface area contributed by atoms with Gasteiger partial charge in [0.25, 0.3) is 0 Å². The van der Waals surface area contributed by atoms with Crippen LogP contribution in [0, 0.1) is 17.8 Å². The van der Waals surface area contributed by atoms with Crippen LogP contribution < -0.4 is 4.90 Å². The highest BCUT2D eigenvalue weighted by atomic mass is 35.5. The Morgan fingerprint density at radius 3 is 2.68 bits per heavy atom. The van der Waals surface area contributed by atoms with E-state index in [1.807, 2.05) is 0 Å². The summed E-state index contributed by atoms with van der Waals surface area (Å²) in [6, 6.07) is 1.78. The standard InChI is InChI=1S/C13H13Cl3N2O/c14-8-3-9(15)13(17-12(8)16)18-4-6-1-5-2-7(6)10(18)11(5)19/h3,5-7,10-11,19H,1-2,4H2. The van der Waals surface area contributed by atoms with Gasteiger partial charge in [0.05, 0.1) is 22.2 Å². The minimum Gasteiger partial charge on any atom is -0.391 e. The van der Waals surface area contributed by atoms with Gasteiger partial charge in [-0.25, -0.2) is 4.98 Å². The van der Waals surface area contributed by atoms with Crippen molar-refractivity contribution in [3.05, 3.63) is 21.3 Å². The van der Waals surface area contributed by atoms with E-state index in [4.69, 9.17) is 34.8 Å². The molecule has 3 nitrogen and oxygen atoms in total. The third-order valence-electron chi connectivity index (χ3n) is 4.99. The summed E-state index contributed by atoms with van der Waals surface area (Å²) in [5.41, 5.74) is 0. The van der Waals surface area contributed by atoms with E-state index >= 15 is 0 Å². The Morgan fingerprint density at radius 1 is 1.16 bits per heavy atom. The number of pyridine rings is 1. The van der Waals surface area contributed by atoms with Gasteiger partial charge >= 0.3 is 0 Å². The first-order chi connectivity index (χ1) is 9.06. The molecule has 5 unspecified atom stereocenters. The molecule has 1 N–H and O–H groups in total. The van der Waals surface area contributed by atoms with Gasteiger partial charge in [0.15, 0.2) is 0 Å². The van der Waals surface area contributed by atoms with Gasteiger partial charge in [0.1, 0.15) is 11.0 Å². The van der Waals surface area contributed by atoms with Crippen LogP contribution in [0.3, 0.4) is 0 Å². The zero-order valence-electron chi connectivity index (χ0n) is 10.1. The van der Waals surface area contributed by atoms with E-state index in [1.54, 1.807) is 6.07 Å². The van der Waals surface area contributed by atoms with Crippen molar-refractivity contribution < 1.29 is 5.11 Å². The lowest BCUT2D eigenvalue weighted by Crippen LogP contribution is -2.41. The summed E-state index contributed by atoms with van der Waals surface area (Å²) >= 11 is 18.2. The average molecular weight is 320 g/mol. The van der Waals surface area contributed by atoms with Crippen LogP contribution in [0.2, 0.25) is 15.2 Å². The lowest BCUT2D eigenvalue weighted by atomic mass is 9.88. The van der Waals surface area contributed by atoms with Crippen LogP contribution in [0.5, 0.6) is 0 Å². The van der Waals surface area contributed by atoms with E-state index < -0.39 is 0 Å². The highest BCUT2D eigenvalue weighted by Crippen LogP contribution is 2.56. The minimum atomic E-state index is -0.268. The zero-order valence-corrected chi connectivity index (χ0v) is 12.3. The van der Waals surface area contributed by atoms with Crippen molar-refractivity contribution in [1.82, 2.24) is 4.98 Å². The van der Waals surface area contributed by atoms with Crippen molar-refractivity contribution in [3.63, 3.8) is 0 Å². The number of anilines is 1. The molecule has 2 saturated carbocycles. The van der Waals surface area contributed by atoms with Crippen LogP contribution in [-0.2, 0) is 0 Å². The molecule has 3 fully saturated rings. The third-order valence-corrected chi connectivity index (χ3v) is 5.94. The predicted octanol–water partition coefficient (Wildman–Crippen LogP) is 3.25. The number of hydrogen-bond acceptors (Lipinski definition) is 3. The number of aliphatic hydroxyl groups is 1. The minimum absolute atomic E-state index is 0.144. The summed E-state index contributed by atoms with van der Waals surface area (Å²) in [6.07, 6.45) is 1.99. The maximum atomic E-state index is 10.4. The van der Waals surface area contributed by atoms with Crippen LogP contribution >= 0.6 is 34.8 Å². The van der Waals surface area contributed by atoms with Crippen molar-refractivity contribution in [2.75, 3.05) is 11.4 Å². The second-order valence-electron chi connectivity index (χ2n) is 5.86. The van der Waals surface area contributed by atoms with E-state index in [2.05, 4.69) is 9.88 Å². The monoisotopic (exact) mass is 318 g/mol. The maximum absolute atomic E-state index is 10.4. The van der Waals surface area contributed by atoms with Crippen LogP contribution in [-0.4, -0.2) is 28.8 Å². The number of aliphatic hydroxyl groups excluding tert-OH is 1. The molecule has 6 heteroatoms. The van der Waals surface area contributed by atoms with E-state index in [-0.39, 0.29) is 17.3 Å². The summed E-state index contributed by atoms with van der Waals surface area (Å²) < 4.78 is 0. The largest absolute Gasteiger partial charge is 0.391 e. The first kappa shape index (κ1) is 12.5. The lowest BCUT2D eigenvalue weighted by molar-refractivity contribution is 0.0965. The smallest absolute Gasteiger partial charge is 0.150 e. The number of hydrogen-bond donors (Lipinski definition) is 1. The molecule has 1 saturated heterocycles. The Hall–Kier alpha value is -0.220. The van der Waals surface area contributed by atoms with Crippen molar-refractivity contribution in [2.24, 2.45) is 17.8 Å². The van der Waals surface area contributed by atoms with Crippen molar-refractivity contribution >= 4 is 40.6 Å². The van der Waals surface area contributed by atoms with Crippen molar-refractivity contribution in [2.45, 2.75) is 25.0 Å². The Labute approximate surface area is 126 Å². The first-order valence-corrected chi connectivity index (χ1v) is 7.66. The van der Waals surface area contributed by atoms with Gasteiger partial charge < -0.3 is 10.0 Å². The van der Waals surface area contributed by atoms with Gasteiger partial charge in [-0.3, -0.25) is 0 Å². The van der Waals surface area contributed by atoms with Gasteiger partial charge in [-0.05, 0) is 36.7 Å². The molecule has 0 amide bonds. The third kappa shape index (κ3) is 1.65. The van der Waals surface area contributed by atoms with Crippen molar-refractivity contribution in [1.29, 1.82) is 0 Å². The van der Waals surface area contributed by atoms with Crippen molar-refractivity contribution in [3.8, 4) is 0 Å². The fraction of sp³-hybridized carbons (Fsp3) is 0.615. The zero-order chi connectivity index (χ0) is 13.3. The van der Waals surface area contributed by atoms with Gasteiger partial charge in [-0.2, -0.15) is 0 Å². The Balaban J connectivity index is 1.76. The normalized spacial score (nSPS) is 39.4. The highest BCUT2D eigenvalue weighted by Gasteiger charge is 2.59. The SMILES string of the molecule is OC1C2CC3CN(c4nc(Cl)c(Cl)cc4Cl)C1C3C2. The highest BCUT2D eigenvalue weighted by molar-refractivity contribution is 6.42. The number of rotatable bonds is 1. The molecular weight excluding hydrogens is 307 g/mol. The van der Waals surface area contributed by atoms with Crippen LogP contribution in [0.1, 0.15) is 12.8 Å². The molecule has 2 aliphatic carbocycles. The quantitative estimate of drug-likeness (QED) is 0.807. The number of fused-ring (bicyclic) bond motifs is 1. The topological polar surface area (TPSA) is 36.4 Å². The van der Waals surface area contributed by atoms with Gasteiger partial charge in [0, 0.05) is 6.54 Å². The summed E-state index contributed by atoms with van der Waals surface area (Å²) in [5.74, 6) is 2.35. The molecule has 0 spiro atoms. The molecule has 0 aromatic carbocycles. The van der Waals surface area contributed by atoms with E-state index in [0.717, 1.165) is 19.4 Å². The molecular formula is C13H13Cl3N2O. The second-order valence-corrected chi connectivity index (χ2v) is 7.03. The summed E-state index contributed by atoms with van der Waals surface area (Å²) in [5, 5.41) is 11.5. The van der Waals surface area contributed by atoms with Gasteiger partial charge in [-0.15, -0.1) is 0 Å². The average Bonchev–Trinajstić information content (AvgIpc) is 2.95. The Morgan fingerprint density at radius 2 is 1.95 bits per heavy atom. The maximum Gasteiger partial charge on any atom is 0.150 e. The van der Waals surface area contributed by atoms with Crippen LogP contribution in [0.15, 0.2) is 6.07 Å². The molecule has 19 heavy (non-hydrogen) atoms. The van der Waals surface area contributed by atoms with E-state index in [0.29, 0.717) is 33.6 Å². The molecule has 5 atom stereocenters. The molecule has 1 aromatic rings. The molecule has 2 bridgehead atoms. The fourth-order valence-electron chi connectivity index (χ4n) is 4.30. The first-order valence-electron chi connectivity index (χ1n) is 6.52. The molecule has 4 rings (SSSR count). The number of halogens is 3. The lowest BCUT2D eigenvalue weighted by Gasteiger charge is -2.30. The van der Waals surface area contributed by atoms with Crippen LogP contribution in [0.4, 0.5) is 5.82 Å². The summed E-state index contributed by atoms with van der Waals surface area (Å²) in [7, 11) is 0. The van der Waals surface area contributed by atoms with Gasteiger partial charge in [0.2, 0.25) is 0 Å². The summed E-state index contributed by atoms with van der Waals surface area (Å²) in [6.45, 7) is 0.910. The molecule has 0 radical (unpaired) electrons. The second kappa shape index (κ2) is 4.14. The fourth-order valence-corrected chi connectivity index (χ4v) is 4.90. The molecule has 102 valence electrons. The van der Waals surface area contributed by atoms with E-state index in [9.17, 15) is 5.11 Å².